The van der Waals surface area contributed by atoms with Crippen molar-refractivity contribution in [3.63, 3.8) is 0 Å². The van der Waals surface area contributed by atoms with Crippen molar-refractivity contribution in [2.75, 3.05) is 20.3 Å². The van der Waals surface area contributed by atoms with Gasteiger partial charge in [-0.3, -0.25) is 23.9 Å². The van der Waals surface area contributed by atoms with Crippen LogP contribution in [-0.2, 0) is 40.4 Å². The summed E-state index contributed by atoms with van der Waals surface area (Å²) in [6.07, 6.45) is 4.08. The predicted molar refractivity (Wildman–Crippen MR) is 192 cm³/mol. The van der Waals surface area contributed by atoms with Gasteiger partial charge in [-0.15, -0.1) is 6.58 Å². The number of allylic oxidation sites excluding steroid dienone is 1. The van der Waals surface area contributed by atoms with Gasteiger partial charge in [0, 0.05) is 30.4 Å². The summed E-state index contributed by atoms with van der Waals surface area (Å²) >= 11 is 0. The van der Waals surface area contributed by atoms with Gasteiger partial charge in [-0.1, -0.05) is 19.9 Å². The first-order chi connectivity index (χ1) is 25.2. The Kier molecular flexibility index (Phi) is 10.9. The molecular formula is C38H47N3O11S. The number of hydrogen-bond acceptors (Lipinski definition) is 11. The first-order valence-corrected chi connectivity index (χ1v) is 19.8. The summed E-state index contributed by atoms with van der Waals surface area (Å²) in [7, 11) is -2.36. The summed E-state index contributed by atoms with van der Waals surface area (Å²) in [6.45, 7) is 7.53. The molecule has 2 aromatic rings. The molecule has 4 bridgehead atoms. The molecule has 0 unspecified atom stereocenters. The van der Waals surface area contributed by atoms with Crippen LogP contribution in [0.5, 0.6) is 11.5 Å². The minimum atomic E-state index is -3.88. The third kappa shape index (κ3) is 8.04. The molecule has 5 atom stereocenters. The van der Waals surface area contributed by atoms with E-state index in [2.05, 4.69) is 16.3 Å². The molecule has 2 saturated carbocycles. The lowest BCUT2D eigenvalue weighted by Crippen LogP contribution is -2.47. The van der Waals surface area contributed by atoms with E-state index in [0.29, 0.717) is 42.3 Å². The van der Waals surface area contributed by atoms with Crippen LogP contribution < -0.4 is 14.2 Å². The average Bonchev–Trinajstić information content (AvgIpc) is 4.04. The Bertz CT molecular complexity index is 1940. The highest BCUT2D eigenvalue weighted by molar-refractivity contribution is 7.90. The SMILES string of the molecule is C=C[C@@H]1C[C@]1(CC(=O)[C@@H]1C[C@@H]2CN1C(=O)[C@H](C(C)C)CC(=O)OCCCCCc1cc3c(cc(C(=O)O)nc3cc1OC)O2)C(=O)NS(=O)(=O)C1CC1. The number of fused-ring (bicyclic) bond motifs is 3. The number of carbonyl (C=O) groups is 5. The molecule has 14 nitrogen and oxygen atoms in total. The number of nitrogens with one attached hydrogen (secondary N) is 1. The molecule has 3 heterocycles. The molecule has 286 valence electrons. The second-order valence-electron chi connectivity index (χ2n) is 15.1. The highest BCUT2D eigenvalue weighted by atomic mass is 32.2. The van der Waals surface area contributed by atoms with Crippen LogP contribution in [0.4, 0.5) is 0 Å². The number of aryl methyl sites for hydroxylation is 1. The van der Waals surface area contributed by atoms with E-state index in [9.17, 15) is 37.5 Å². The van der Waals surface area contributed by atoms with Crippen molar-refractivity contribution in [1.82, 2.24) is 14.6 Å². The van der Waals surface area contributed by atoms with E-state index < -0.39 is 74.2 Å². The molecule has 53 heavy (non-hydrogen) atoms. The molecular weight excluding hydrogens is 706 g/mol. The highest BCUT2D eigenvalue weighted by Gasteiger charge is 2.61. The average molecular weight is 754 g/mol. The smallest absolute Gasteiger partial charge is 0.354 e. The number of nitrogens with zero attached hydrogens (tertiary/aromatic N) is 2. The molecule has 3 fully saturated rings. The lowest BCUT2D eigenvalue weighted by atomic mass is 9.89. The zero-order valence-corrected chi connectivity index (χ0v) is 31.1. The molecule has 0 spiro atoms. The number of sulfonamides is 1. The third-order valence-corrected chi connectivity index (χ3v) is 12.8. The molecule has 6 rings (SSSR count). The van der Waals surface area contributed by atoms with Crippen LogP contribution in [0.3, 0.4) is 0 Å². The molecule has 2 aliphatic carbocycles. The Labute approximate surface area is 308 Å². The number of cyclic esters (lactones) is 1. The van der Waals surface area contributed by atoms with Crippen molar-refractivity contribution < 1.29 is 51.7 Å². The Morgan fingerprint density at radius 1 is 1.17 bits per heavy atom. The molecule has 1 aromatic carbocycles. The quantitative estimate of drug-likeness (QED) is 0.262. The number of Topliss-reactive ketones (excluding diaryl/α,β-unsaturated/α-hetero) is 1. The number of carboxylic acids is 1. The maximum absolute atomic E-state index is 14.4. The fraction of sp³-hybridized carbons (Fsp3) is 0.579. The second kappa shape index (κ2) is 15.1. The fourth-order valence-electron chi connectivity index (χ4n) is 7.62. The largest absolute Gasteiger partial charge is 0.496 e. The zero-order chi connectivity index (χ0) is 38.2. The first kappa shape index (κ1) is 38.2. The number of carboxylic acid groups (broad SMARTS) is 1. The Morgan fingerprint density at radius 3 is 2.57 bits per heavy atom. The van der Waals surface area contributed by atoms with Crippen molar-refractivity contribution in [3.8, 4) is 11.5 Å². The van der Waals surface area contributed by atoms with Crippen LogP contribution >= 0.6 is 0 Å². The molecule has 1 saturated heterocycles. The van der Waals surface area contributed by atoms with Crippen LogP contribution in [0.1, 0.15) is 87.7 Å². The minimum Gasteiger partial charge on any atom is -0.496 e. The Balaban J connectivity index is 1.37. The van der Waals surface area contributed by atoms with Gasteiger partial charge in [0.15, 0.2) is 11.5 Å². The summed E-state index contributed by atoms with van der Waals surface area (Å²) in [5, 5.41) is 9.82. The van der Waals surface area contributed by atoms with E-state index in [0.717, 1.165) is 18.4 Å². The predicted octanol–water partition coefficient (Wildman–Crippen LogP) is 3.98. The van der Waals surface area contributed by atoms with E-state index >= 15 is 0 Å². The van der Waals surface area contributed by atoms with E-state index in [-0.39, 0.29) is 56.2 Å². The van der Waals surface area contributed by atoms with Crippen molar-refractivity contribution in [1.29, 1.82) is 0 Å². The number of rotatable bonds is 10. The number of pyridine rings is 1. The van der Waals surface area contributed by atoms with Gasteiger partial charge < -0.3 is 24.2 Å². The van der Waals surface area contributed by atoms with Gasteiger partial charge >= 0.3 is 11.9 Å². The van der Waals surface area contributed by atoms with Gasteiger partial charge in [0.2, 0.25) is 21.8 Å². The van der Waals surface area contributed by atoms with Gasteiger partial charge in [-0.05, 0) is 68.4 Å². The minimum absolute atomic E-state index is 0.00585. The lowest BCUT2D eigenvalue weighted by molar-refractivity contribution is -0.151. The third-order valence-electron chi connectivity index (χ3n) is 11.0. The number of esters is 1. The van der Waals surface area contributed by atoms with Crippen LogP contribution in [-0.4, -0.2) is 90.6 Å². The van der Waals surface area contributed by atoms with E-state index in [4.69, 9.17) is 14.2 Å². The molecule has 1 aromatic heterocycles. The standard InChI is InChI=1S/C38H47N3O11S/c1-5-23-18-38(23,37(47)40-53(48,49)25-10-11-25)19-31(42)30-14-24-20-41(30)35(44)26(21(2)3)15-34(43)51-12-8-6-7-9-22-13-27-28(16-32(22)50-4)39-29(36(45)46)17-33(27)52-24/h5,13,16-17,21,23-26,30H,1,6-12,14-15,18-20H2,2-4H3,(H,40,47)(H,45,46)/t23-,24-,26+,30+,38-/m1/s1. The molecule has 15 heteroatoms. The summed E-state index contributed by atoms with van der Waals surface area (Å²) < 4.78 is 45.3. The first-order valence-electron chi connectivity index (χ1n) is 18.3. The second-order valence-corrected chi connectivity index (χ2v) is 17.0. The Hall–Kier alpha value is -4.53. The van der Waals surface area contributed by atoms with Crippen molar-refractivity contribution in [3.05, 3.63) is 42.1 Å². The zero-order valence-electron chi connectivity index (χ0n) is 30.3. The van der Waals surface area contributed by atoms with Crippen molar-refractivity contribution in [2.24, 2.45) is 23.2 Å². The summed E-state index contributed by atoms with van der Waals surface area (Å²) in [5.41, 5.74) is -0.426. The molecule has 0 radical (unpaired) electrons. The van der Waals surface area contributed by atoms with Crippen LogP contribution in [0.2, 0.25) is 0 Å². The van der Waals surface area contributed by atoms with E-state index in [1.54, 1.807) is 6.07 Å². The number of hydrogen-bond donors (Lipinski definition) is 2. The van der Waals surface area contributed by atoms with Crippen LogP contribution in [0.15, 0.2) is 30.9 Å². The molecule has 2 aliphatic heterocycles. The number of aromatic nitrogens is 1. The van der Waals surface area contributed by atoms with Crippen LogP contribution in [0, 0.1) is 23.2 Å². The van der Waals surface area contributed by atoms with Gasteiger partial charge in [-0.2, -0.15) is 0 Å². The van der Waals surface area contributed by atoms with Gasteiger partial charge in [0.1, 0.15) is 17.6 Å². The summed E-state index contributed by atoms with van der Waals surface area (Å²) in [4.78, 5) is 73.1. The topological polar surface area (TPSA) is 196 Å². The maximum Gasteiger partial charge on any atom is 0.354 e. The summed E-state index contributed by atoms with van der Waals surface area (Å²) in [6, 6.07) is 3.76. The number of aromatic carboxylic acids is 1. The van der Waals surface area contributed by atoms with Gasteiger partial charge in [0.25, 0.3) is 0 Å². The number of carbonyl (C=O) groups excluding carboxylic acids is 4. The Morgan fingerprint density at radius 2 is 1.92 bits per heavy atom. The van der Waals surface area contributed by atoms with Gasteiger partial charge in [0.05, 0.1) is 54.8 Å². The normalized spacial score (nSPS) is 26.7. The number of methoxy groups -OCH3 is 1. The highest BCUT2D eigenvalue weighted by Crippen LogP contribution is 2.57. The number of ketones is 1. The monoisotopic (exact) mass is 753 g/mol. The number of ether oxygens (including phenoxy) is 3. The maximum atomic E-state index is 14.4. The van der Waals surface area contributed by atoms with Crippen molar-refractivity contribution >= 4 is 50.5 Å². The molecule has 2 amide bonds. The van der Waals surface area contributed by atoms with E-state index in [1.165, 1.54) is 24.2 Å². The van der Waals surface area contributed by atoms with E-state index in [1.807, 2.05) is 19.9 Å². The molecule has 4 aliphatic rings. The number of benzene rings is 1. The number of amides is 2. The van der Waals surface area contributed by atoms with Crippen LogP contribution in [0.25, 0.3) is 10.9 Å². The summed E-state index contributed by atoms with van der Waals surface area (Å²) in [5.74, 6) is -4.30. The lowest BCUT2D eigenvalue weighted by Gasteiger charge is -2.30. The fourth-order valence-corrected chi connectivity index (χ4v) is 9.00. The molecule has 2 N–H and O–H groups in total. The van der Waals surface area contributed by atoms with Gasteiger partial charge in [-0.25, -0.2) is 18.2 Å². The van der Waals surface area contributed by atoms with Crippen molar-refractivity contribution in [2.45, 2.75) is 95.5 Å².